The Labute approximate surface area is 108 Å². The molecule has 1 saturated carbocycles. The first-order valence-electron chi connectivity index (χ1n) is 6.07. The Hall–Kier alpha value is -1.56. The summed E-state index contributed by atoms with van der Waals surface area (Å²) in [6.07, 6.45) is 3.29. The Morgan fingerprint density at radius 3 is 2.26 bits per heavy atom. The number of rotatable bonds is 2. The lowest BCUT2D eigenvalue weighted by Crippen LogP contribution is -2.40. The van der Waals surface area contributed by atoms with E-state index in [0.29, 0.717) is 18.9 Å². The van der Waals surface area contributed by atoms with Gasteiger partial charge in [-0.25, -0.2) is 18.0 Å². The smallest absolute Gasteiger partial charge is 0.341 e. The van der Waals surface area contributed by atoms with Gasteiger partial charge in [-0.1, -0.05) is 19.3 Å². The highest BCUT2D eigenvalue weighted by Crippen LogP contribution is 2.37. The molecule has 3 N–H and O–H groups in total. The largest absolute Gasteiger partial charge is 0.477 e. The molecule has 19 heavy (non-hydrogen) atoms. The molecule has 0 saturated heterocycles. The summed E-state index contributed by atoms with van der Waals surface area (Å²) in [6, 6.07) is 0.715. The van der Waals surface area contributed by atoms with Crippen LogP contribution in [0.25, 0.3) is 0 Å². The van der Waals surface area contributed by atoms with Gasteiger partial charge in [-0.15, -0.1) is 0 Å². The highest BCUT2D eigenvalue weighted by atomic mass is 19.2. The van der Waals surface area contributed by atoms with Crippen molar-refractivity contribution in [3.63, 3.8) is 0 Å². The van der Waals surface area contributed by atoms with Crippen molar-refractivity contribution in [1.29, 1.82) is 0 Å². The van der Waals surface area contributed by atoms with Crippen molar-refractivity contribution >= 4 is 5.97 Å². The van der Waals surface area contributed by atoms with Crippen LogP contribution in [-0.2, 0) is 5.54 Å². The van der Waals surface area contributed by atoms with Gasteiger partial charge >= 0.3 is 5.97 Å². The van der Waals surface area contributed by atoms with Crippen molar-refractivity contribution in [1.82, 2.24) is 0 Å². The van der Waals surface area contributed by atoms with Crippen molar-refractivity contribution in [3.8, 4) is 0 Å². The fourth-order valence-electron chi connectivity index (χ4n) is 2.61. The minimum absolute atomic E-state index is 0.271. The van der Waals surface area contributed by atoms with Gasteiger partial charge in [0, 0.05) is 11.1 Å². The Kier molecular flexibility index (Phi) is 3.54. The molecule has 0 atom stereocenters. The van der Waals surface area contributed by atoms with Crippen LogP contribution in [0.1, 0.15) is 48.0 Å². The molecule has 104 valence electrons. The summed E-state index contributed by atoms with van der Waals surface area (Å²) in [6.45, 7) is 0. The number of hydrogen-bond acceptors (Lipinski definition) is 2. The molecule has 1 aliphatic carbocycles. The van der Waals surface area contributed by atoms with Crippen LogP contribution < -0.4 is 5.73 Å². The first-order valence-corrected chi connectivity index (χ1v) is 6.07. The van der Waals surface area contributed by atoms with Gasteiger partial charge < -0.3 is 10.8 Å². The normalized spacial score (nSPS) is 18.3. The Morgan fingerprint density at radius 1 is 1.16 bits per heavy atom. The average Bonchev–Trinajstić information content (AvgIpc) is 2.34. The molecular weight excluding hydrogens is 259 g/mol. The molecular formula is C13H14F3NO2. The maximum absolute atomic E-state index is 13.9. The quantitative estimate of drug-likeness (QED) is 0.814. The average molecular weight is 273 g/mol. The van der Waals surface area contributed by atoms with Crippen LogP contribution in [0, 0.1) is 17.5 Å². The van der Waals surface area contributed by atoms with Crippen molar-refractivity contribution in [2.75, 3.05) is 0 Å². The number of hydrogen-bond donors (Lipinski definition) is 2. The third-order valence-electron chi connectivity index (χ3n) is 3.65. The summed E-state index contributed by atoms with van der Waals surface area (Å²) in [7, 11) is 0. The Balaban J connectivity index is 2.57. The summed E-state index contributed by atoms with van der Waals surface area (Å²) < 4.78 is 41.2. The molecule has 0 heterocycles. The van der Waals surface area contributed by atoms with Crippen molar-refractivity contribution in [2.45, 2.75) is 37.6 Å². The van der Waals surface area contributed by atoms with Crippen molar-refractivity contribution in [3.05, 3.63) is 34.6 Å². The number of carbonyl (C=O) groups is 1. The van der Waals surface area contributed by atoms with E-state index < -0.39 is 34.5 Å². The standard InChI is InChI=1S/C13H14F3NO2/c14-8-6-7(13(17)4-2-1-3-5-13)10(15)11(16)9(8)12(18)19/h6H,1-5,17H2,(H,18,19). The van der Waals surface area contributed by atoms with Gasteiger partial charge in [0.1, 0.15) is 11.4 Å². The molecule has 1 aromatic rings. The zero-order valence-corrected chi connectivity index (χ0v) is 10.2. The van der Waals surface area contributed by atoms with E-state index in [1.165, 1.54) is 0 Å². The molecule has 3 nitrogen and oxygen atoms in total. The predicted molar refractivity (Wildman–Crippen MR) is 62.2 cm³/mol. The molecule has 0 unspecified atom stereocenters. The summed E-state index contributed by atoms with van der Waals surface area (Å²) >= 11 is 0. The topological polar surface area (TPSA) is 63.3 Å². The number of carboxylic acid groups (broad SMARTS) is 1. The molecule has 2 rings (SSSR count). The van der Waals surface area contributed by atoms with E-state index in [-0.39, 0.29) is 5.56 Å². The van der Waals surface area contributed by atoms with Crippen molar-refractivity contribution < 1.29 is 23.1 Å². The van der Waals surface area contributed by atoms with Crippen LogP contribution in [0.5, 0.6) is 0 Å². The predicted octanol–water partition coefficient (Wildman–Crippen LogP) is 2.92. The molecule has 0 spiro atoms. The zero-order chi connectivity index (χ0) is 14.2. The van der Waals surface area contributed by atoms with Crippen LogP contribution in [0.4, 0.5) is 13.2 Å². The molecule has 6 heteroatoms. The highest BCUT2D eigenvalue weighted by molar-refractivity contribution is 5.88. The highest BCUT2D eigenvalue weighted by Gasteiger charge is 2.35. The van der Waals surface area contributed by atoms with Crippen LogP contribution in [0.15, 0.2) is 6.07 Å². The summed E-state index contributed by atoms with van der Waals surface area (Å²) in [5.74, 6) is -6.17. The number of carboxylic acids is 1. The lowest BCUT2D eigenvalue weighted by Gasteiger charge is -2.34. The second-order valence-corrected chi connectivity index (χ2v) is 4.93. The van der Waals surface area contributed by atoms with E-state index in [9.17, 15) is 18.0 Å². The Morgan fingerprint density at radius 2 is 1.74 bits per heavy atom. The molecule has 0 aromatic heterocycles. The van der Waals surface area contributed by atoms with Crippen LogP contribution in [-0.4, -0.2) is 11.1 Å². The fraction of sp³-hybridized carbons (Fsp3) is 0.462. The van der Waals surface area contributed by atoms with Gasteiger partial charge in [-0.2, -0.15) is 0 Å². The van der Waals surface area contributed by atoms with E-state index in [1.807, 2.05) is 0 Å². The summed E-state index contributed by atoms with van der Waals surface area (Å²) in [5.41, 5.74) is 3.35. The van der Waals surface area contributed by atoms with Gasteiger partial charge in [0.05, 0.1) is 0 Å². The minimum atomic E-state index is -1.84. The molecule has 0 amide bonds. The van der Waals surface area contributed by atoms with Gasteiger partial charge in [-0.05, 0) is 18.9 Å². The molecule has 0 bridgehead atoms. The number of halogens is 3. The van der Waals surface area contributed by atoms with Gasteiger partial charge in [0.2, 0.25) is 0 Å². The van der Waals surface area contributed by atoms with Crippen LogP contribution in [0.2, 0.25) is 0 Å². The van der Waals surface area contributed by atoms with Crippen LogP contribution >= 0.6 is 0 Å². The molecule has 0 radical (unpaired) electrons. The van der Waals surface area contributed by atoms with E-state index in [0.717, 1.165) is 19.3 Å². The van der Waals surface area contributed by atoms with E-state index in [4.69, 9.17) is 10.8 Å². The maximum atomic E-state index is 13.9. The lowest BCUT2D eigenvalue weighted by atomic mass is 9.77. The monoisotopic (exact) mass is 273 g/mol. The zero-order valence-electron chi connectivity index (χ0n) is 10.2. The molecule has 1 aromatic carbocycles. The third kappa shape index (κ3) is 2.32. The van der Waals surface area contributed by atoms with Gasteiger partial charge in [0.15, 0.2) is 11.6 Å². The lowest BCUT2D eigenvalue weighted by molar-refractivity contribution is 0.0684. The van der Waals surface area contributed by atoms with Gasteiger partial charge in [-0.3, -0.25) is 0 Å². The van der Waals surface area contributed by atoms with Gasteiger partial charge in [0.25, 0.3) is 0 Å². The SMILES string of the molecule is NC1(c2cc(F)c(C(=O)O)c(F)c2F)CCCCC1. The molecule has 1 aliphatic rings. The second kappa shape index (κ2) is 4.85. The van der Waals surface area contributed by atoms with E-state index in [1.54, 1.807) is 0 Å². The number of nitrogens with two attached hydrogens (primary N) is 1. The number of benzene rings is 1. The summed E-state index contributed by atoms with van der Waals surface area (Å²) in [5, 5.41) is 8.66. The Bertz CT molecular complexity index is 525. The van der Waals surface area contributed by atoms with E-state index >= 15 is 0 Å². The minimum Gasteiger partial charge on any atom is -0.477 e. The summed E-state index contributed by atoms with van der Waals surface area (Å²) in [4.78, 5) is 10.7. The molecule has 0 aliphatic heterocycles. The maximum Gasteiger partial charge on any atom is 0.341 e. The first kappa shape index (κ1) is 13.9. The molecule has 1 fully saturated rings. The second-order valence-electron chi connectivity index (χ2n) is 4.93. The van der Waals surface area contributed by atoms with Crippen LogP contribution in [0.3, 0.4) is 0 Å². The van der Waals surface area contributed by atoms with Crippen molar-refractivity contribution in [2.24, 2.45) is 5.73 Å². The number of aromatic carboxylic acids is 1. The van der Waals surface area contributed by atoms with E-state index in [2.05, 4.69) is 0 Å². The fourth-order valence-corrected chi connectivity index (χ4v) is 2.61. The first-order chi connectivity index (χ1) is 8.87. The third-order valence-corrected chi connectivity index (χ3v) is 3.65.